The van der Waals surface area contributed by atoms with Gasteiger partial charge in [-0.3, -0.25) is 9.59 Å². The SMILES string of the molecule is COc1cc(Cl)cc(C(=O)Nc2ccc(Cl)cn2)c1NC(=O)c1scc(Cc2noc(N)n2)c1Cl. The summed E-state index contributed by atoms with van der Waals surface area (Å²) in [6.07, 6.45) is 1.60. The second kappa shape index (κ2) is 10.5. The number of nitrogens with one attached hydrogen (secondary N) is 2. The fourth-order valence-electron chi connectivity index (χ4n) is 3.02. The highest BCUT2D eigenvalue weighted by Crippen LogP contribution is 2.35. The van der Waals surface area contributed by atoms with Crippen LogP contribution in [0.1, 0.15) is 31.4 Å². The third-order valence-corrected chi connectivity index (χ3v) is 6.59. The van der Waals surface area contributed by atoms with E-state index in [4.69, 9.17) is 49.8 Å². The van der Waals surface area contributed by atoms with Crippen LogP contribution in [0.4, 0.5) is 17.5 Å². The van der Waals surface area contributed by atoms with Crippen LogP contribution in [-0.4, -0.2) is 34.0 Å². The molecule has 14 heteroatoms. The van der Waals surface area contributed by atoms with Gasteiger partial charge < -0.3 is 25.6 Å². The molecule has 0 fully saturated rings. The highest BCUT2D eigenvalue weighted by Gasteiger charge is 2.24. The van der Waals surface area contributed by atoms with Crippen LogP contribution in [0, 0.1) is 0 Å². The van der Waals surface area contributed by atoms with Gasteiger partial charge in [-0.15, -0.1) is 11.3 Å². The van der Waals surface area contributed by atoms with Crippen LogP contribution >= 0.6 is 46.1 Å². The summed E-state index contributed by atoms with van der Waals surface area (Å²) in [6, 6.07) is 5.90. The minimum Gasteiger partial charge on any atom is -0.494 e. The molecule has 4 rings (SSSR count). The van der Waals surface area contributed by atoms with Crippen molar-refractivity contribution in [2.45, 2.75) is 6.42 Å². The van der Waals surface area contributed by atoms with Crippen LogP contribution < -0.4 is 21.1 Å². The average Bonchev–Trinajstić information content (AvgIpc) is 3.41. The molecule has 0 spiro atoms. The molecule has 0 aliphatic rings. The second-order valence-corrected chi connectivity index (χ2v) is 9.06. The first-order valence-corrected chi connectivity index (χ1v) is 11.7. The van der Waals surface area contributed by atoms with Crippen LogP contribution in [0.2, 0.25) is 15.1 Å². The number of carbonyl (C=O) groups is 2. The zero-order valence-electron chi connectivity index (χ0n) is 17.8. The zero-order chi connectivity index (χ0) is 25.1. The monoisotopic (exact) mass is 552 g/mol. The lowest BCUT2D eigenvalue weighted by molar-refractivity contribution is 0.102. The Balaban J connectivity index is 1.61. The Hall–Kier alpha value is -3.38. The Morgan fingerprint density at radius 1 is 1.14 bits per heavy atom. The van der Waals surface area contributed by atoms with Crippen molar-refractivity contribution in [2.24, 2.45) is 0 Å². The van der Waals surface area contributed by atoms with Crippen molar-refractivity contribution in [1.82, 2.24) is 15.1 Å². The molecule has 2 amide bonds. The number of hydrogen-bond donors (Lipinski definition) is 3. The molecule has 0 saturated carbocycles. The largest absolute Gasteiger partial charge is 0.494 e. The first kappa shape index (κ1) is 24.7. The smallest absolute Gasteiger partial charge is 0.318 e. The molecule has 0 unspecified atom stereocenters. The number of nitrogens with zero attached hydrogens (tertiary/aromatic N) is 3. The topological polar surface area (TPSA) is 145 Å². The van der Waals surface area contributed by atoms with E-state index in [1.165, 1.54) is 31.5 Å². The molecule has 4 aromatic rings. The number of methoxy groups -OCH3 is 1. The van der Waals surface area contributed by atoms with E-state index in [1.54, 1.807) is 11.4 Å². The number of hydrogen-bond acceptors (Lipinski definition) is 9. The maximum absolute atomic E-state index is 13.1. The number of nitrogens with two attached hydrogens (primary N) is 1. The lowest BCUT2D eigenvalue weighted by Gasteiger charge is -2.15. The summed E-state index contributed by atoms with van der Waals surface area (Å²) in [5, 5.41) is 11.6. The van der Waals surface area contributed by atoms with Crippen molar-refractivity contribution in [3.05, 3.63) is 72.7 Å². The first-order valence-electron chi connectivity index (χ1n) is 9.71. The number of ether oxygens (including phenoxy) is 1. The zero-order valence-corrected chi connectivity index (χ0v) is 20.8. The van der Waals surface area contributed by atoms with E-state index >= 15 is 0 Å². The van der Waals surface area contributed by atoms with Crippen molar-refractivity contribution in [3.63, 3.8) is 0 Å². The highest BCUT2D eigenvalue weighted by molar-refractivity contribution is 7.13. The third-order valence-electron chi connectivity index (χ3n) is 4.58. The number of rotatable bonds is 7. The van der Waals surface area contributed by atoms with Gasteiger partial charge in [-0.25, -0.2) is 4.98 Å². The van der Waals surface area contributed by atoms with Gasteiger partial charge in [0.2, 0.25) is 0 Å². The standard InChI is InChI=1S/C21H15Cl3N6O4S/c1-33-13-6-11(23)5-12(19(31)27-14-3-2-10(22)7-26-14)17(13)29-20(32)18-16(24)9(8-35-18)4-15-28-21(25)34-30-15/h2-3,5-8H,4H2,1H3,(H,29,32)(H2,25,28,30)(H,26,27,31). The van der Waals surface area contributed by atoms with Crippen molar-refractivity contribution < 1.29 is 18.8 Å². The van der Waals surface area contributed by atoms with Gasteiger partial charge in [0.05, 0.1) is 28.4 Å². The van der Waals surface area contributed by atoms with Gasteiger partial charge in [0, 0.05) is 23.7 Å². The minimum absolute atomic E-state index is 0.0506. The predicted octanol–water partition coefficient (Wildman–Crippen LogP) is 5.17. The molecule has 0 atom stereocenters. The van der Waals surface area contributed by atoms with E-state index in [0.29, 0.717) is 16.4 Å². The van der Waals surface area contributed by atoms with Crippen LogP contribution in [0.25, 0.3) is 0 Å². The van der Waals surface area contributed by atoms with Crippen LogP contribution in [-0.2, 0) is 6.42 Å². The summed E-state index contributed by atoms with van der Waals surface area (Å²) in [7, 11) is 1.39. The second-order valence-electron chi connectivity index (χ2n) is 6.93. The van der Waals surface area contributed by atoms with E-state index in [2.05, 4.69) is 25.8 Å². The minimum atomic E-state index is -0.580. The average molecular weight is 554 g/mol. The van der Waals surface area contributed by atoms with Gasteiger partial charge in [-0.05, 0) is 29.1 Å². The Morgan fingerprint density at radius 2 is 1.94 bits per heavy atom. The van der Waals surface area contributed by atoms with Crippen LogP contribution in [0.5, 0.6) is 5.75 Å². The molecule has 10 nitrogen and oxygen atoms in total. The lowest BCUT2D eigenvalue weighted by atomic mass is 10.1. The van der Waals surface area contributed by atoms with Crippen molar-refractivity contribution in [3.8, 4) is 5.75 Å². The molecule has 35 heavy (non-hydrogen) atoms. The number of amides is 2. The maximum atomic E-state index is 13.1. The summed E-state index contributed by atoms with van der Waals surface area (Å²) in [5.74, 6) is -0.385. The third kappa shape index (κ3) is 5.65. The van der Waals surface area contributed by atoms with Crippen molar-refractivity contribution in [2.75, 3.05) is 23.5 Å². The predicted molar refractivity (Wildman–Crippen MR) is 134 cm³/mol. The summed E-state index contributed by atoms with van der Waals surface area (Å²) in [4.78, 5) is 34.3. The number of pyridine rings is 1. The van der Waals surface area contributed by atoms with Crippen LogP contribution in [0.15, 0.2) is 40.4 Å². The molecule has 1 aromatic carbocycles. The van der Waals surface area contributed by atoms with E-state index in [-0.39, 0.29) is 50.2 Å². The molecule has 0 bridgehead atoms. The number of nitrogen functional groups attached to an aromatic ring is 1. The molecule has 0 aliphatic heterocycles. The normalized spacial score (nSPS) is 10.7. The molecule has 0 radical (unpaired) electrons. The Bertz CT molecular complexity index is 1410. The van der Waals surface area contributed by atoms with Gasteiger partial charge in [0.1, 0.15) is 16.4 Å². The quantitative estimate of drug-likeness (QED) is 0.284. The summed E-state index contributed by atoms with van der Waals surface area (Å²) in [6.45, 7) is 0. The Morgan fingerprint density at radius 3 is 2.60 bits per heavy atom. The molecular weight excluding hydrogens is 539 g/mol. The number of halogens is 3. The lowest BCUT2D eigenvalue weighted by Crippen LogP contribution is -2.19. The number of carbonyl (C=O) groups excluding carboxylic acids is 2. The fourth-order valence-corrected chi connectivity index (χ4v) is 4.60. The number of aromatic nitrogens is 3. The van der Waals surface area contributed by atoms with Gasteiger partial charge >= 0.3 is 6.01 Å². The van der Waals surface area contributed by atoms with Gasteiger partial charge in [0.25, 0.3) is 11.8 Å². The molecule has 180 valence electrons. The fraction of sp³-hybridized carbons (Fsp3) is 0.0952. The molecule has 4 N–H and O–H groups in total. The summed E-state index contributed by atoms with van der Waals surface area (Å²) < 4.78 is 10.1. The summed E-state index contributed by atoms with van der Waals surface area (Å²) in [5.41, 5.74) is 6.20. The van der Waals surface area contributed by atoms with E-state index in [0.717, 1.165) is 11.3 Å². The number of benzene rings is 1. The van der Waals surface area contributed by atoms with Crippen molar-refractivity contribution >= 4 is 75.5 Å². The van der Waals surface area contributed by atoms with E-state index in [1.807, 2.05) is 0 Å². The van der Waals surface area contributed by atoms with Gasteiger partial charge in [-0.1, -0.05) is 40.0 Å². The molecule has 3 aromatic heterocycles. The number of thiophene rings is 1. The van der Waals surface area contributed by atoms with E-state index < -0.39 is 11.8 Å². The van der Waals surface area contributed by atoms with Crippen molar-refractivity contribution in [1.29, 1.82) is 0 Å². The highest BCUT2D eigenvalue weighted by atomic mass is 35.5. The van der Waals surface area contributed by atoms with E-state index in [9.17, 15) is 9.59 Å². The Kier molecular flexibility index (Phi) is 7.41. The molecule has 3 heterocycles. The molecule has 0 aliphatic carbocycles. The summed E-state index contributed by atoms with van der Waals surface area (Å²) >= 11 is 19.6. The number of anilines is 3. The first-order chi connectivity index (χ1) is 16.7. The molecular formula is C21H15Cl3N6O4S. The molecule has 0 saturated heterocycles. The van der Waals surface area contributed by atoms with Gasteiger partial charge in [-0.2, -0.15) is 4.98 Å². The Labute approximate surface area is 217 Å². The van der Waals surface area contributed by atoms with Crippen LogP contribution in [0.3, 0.4) is 0 Å². The van der Waals surface area contributed by atoms with Gasteiger partial charge in [0.15, 0.2) is 5.82 Å². The maximum Gasteiger partial charge on any atom is 0.318 e.